The number of carboxylic acid groups (broad SMARTS) is 1. The minimum Gasteiger partial charge on any atom is -0.480 e. The fourth-order valence-electron chi connectivity index (χ4n) is 1.07. The number of nitrogens with zero attached hydrogens (tertiary/aromatic N) is 1. The van der Waals surface area contributed by atoms with Gasteiger partial charge in [-0.3, -0.25) is 9.59 Å². The van der Waals surface area contributed by atoms with Crippen LogP contribution in [0.3, 0.4) is 0 Å². The van der Waals surface area contributed by atoms with Crippen LogP contribution in [0.4, 0.5) is 13.2 Å². The van der Waals surface area contributed by atoms with E-state index in [0.29, 0.717) is 18.2 Å². The van der Waals surface area contributed by atoms with E-state index >= 15 is 0 Å². The summed E-state index contributed by atoms with van der Waals surface area (Å²) in [7, 11) is 0. The molecule has 17 heavy (non-hydrogen) atoms. The lowest BCUT2D eigenvalue weighted by atomic mass is 10.4. The number of halogens is 3. The number of carbonyl (C=O) groups excluding carboxylic acids is 1. The molecule has 100 valence electrons. The summed E-state index contributed by atoms with van der Waals surface area (Å²) in [6, 6.07) is 0. The van der Waals surface area contributed by atoms with Gasteiger partial charge in [-0.2, -0.15) is 13.2 Å². The standard InChI is InChI=1S/C9H14F3NO3S/c1-2-3-13(4-8(15)16)7(14)5-17-6-9(10,11)12/h2-6H2,1H3,(H,15,16). The molecule has 4 nitrogen and oxygen atoms in total. The molecule has 0 rings (SSSR count). The van der Waals surface area contributed by atoms with Gasteiger partial charge in [-0.1, -0.05) is 6.92 Å². The van der Waals surface area contributed by atoms with Crippen molar-refractivity contribution < 1.29 is 27.9 Å². The number of amides is 1. The van der Waals surface area contributed by atoms with E-state index in [1.165, 1.54) is 0 Å². The Morgan fingerprint density at radius 2 is 1.94 bits per heavy atom. The first kappa shape index (κ1) is 16.1. The zero-order chi connectivity index (χ0) is 13.5. The predicted octanol–water partition coefficient (Wildman–Crippen LogP) is 1.61. The highest BCUT2D eigenvalue weighted by Gasteiger charge is 2.27. The van der Waals surface area contributed by atoms with Crippen LogP contribution >= 0.6 is 11.8 Å². The maximum Gasteiger partial charge on any atom is 0.397 e. The Morgan fingerprint density at radius 3 is 2.35 bits per heavy atom. The van der Waals surface area contributed by atoms with Crippen molar-refractivity contribution in [3.63, 3.8) is 0 Å². The summed E-state index contributed by atoms with van der Waals surface area (Å²) < 4.78 is 35.5. The van der Waals surface area contributed by atoms with Crippen molar-refractivity contribution in [1.82, 2.24) is 4.90 Å². The smallest absolute Gasteiger partial charge is 0.397 e. The Bertz CT molecular complexity index is 271. The minimum absolute atomic E-state index is 0.234. The molecule has 1 amide bonds. The Kier molecular flexibility index (Phi) is 7.01. The quantitative estimate of drug-likeness (QED) is 0.765. The van der Waals surface area contributed by atoms with Crippen molar-refractivity contribution in [2.75, 3.05) is 24.6 Å². The molecule has 0 unspecified atom stereocenters. The van der Waals surface area contributed by atoms with Crippen LogP contribution in [0, 0.1) is 0 Å². The van der Waals surface area contributed by atoms with Crippen LogP contribution in [0.15, 0.2) is 0 Å². The highest BCUT2D eigenvalue weighted by molar-refractivity contribution is 8.00. The van der Waals surface area contributed by atoms with Crippen molar-refractivity contribution in [3.05, 3.63) is 0 Å². The first-order chi connectivity index (χ1) is 7.76. The number of alkyl halides is 3. The molecule has 0 radical (unpaired) electrons. The monoisotopic (exact) mass is 273 g/mol. The predicted molar refractivity (Wildman–Crippen MR) is 57.9 cm³/mol. The van der Waals surface area contributed by atoms with Gasteiger partial charge in [-0.25, -0.2) is 0 Å². The number of thioether (sulfide) groups is 1. The SMILES string of the molecule is CCCN(CC(=O)O)C(=O)CSCC(F)(F)F. The van der Waals surface area contributed by atoms with Gasteiger partial charge in [-0.05, 0) is 6.42 Å². The van der Waals surface area contributed by atoms with E-state index < -0.39 is 30.4 Å². The average Bonchev–Trinajstić information content (AvgIpc) is 2.14. The summed E-state index contributed by atoms with van der Waals surface area (Å²) in [6.45, 7) is 1.52. The molecule has 8 heteroatoms. The van der Waals surface area contributed by atoms with Crippen LogP contribution in [0.5, 0.6) is 0 Å². The third-order valence-electron chi connectivity index (χ3n) is 1.66. The number of aliphatic carboxylic acids is 1. The van der Waals surface area contributed by atoms with E-state index in [1.54, 1.807) is 6.92 Å². The summed E-state index contributed by atoms with van der Waals surface area (Å²) in [6.07, 6.45) is -3.75. The Hall–Kier alpha value is -0.920. The molecule has 0 aliphatic heterocycles. The number of hydrogen-bond acceptors (Lipinski definition) is 3. The van der Waals surface area contributed by atoms with Gasteiger partial charge >= 0.3 is 12.1 Å². The Morgan fingerprint density at radius 1 is 1.35 bits per heavy atom. The zero-order valence-corrected chi connectivity index (χ0v) is 10.1. The number of carbonyl (C=O) groups is 2. The molecular formula is C9H14F3NO3S. The topological polar surface area (TPSA) is 57.6 Å². The summed E-state index contributed by atoms with van der Waals surface area (Å²) in [5, 5.41) is 8.53. The highest BCUT2D eigenvalue weighted by atomic mass is 32.2. The fraction of sp³-hybridized carbons (Fsp3) is 0.778. The maximum atomic E-state index is 11.8. The van der Waals surface area contributed by atoms with E-state index in [2.05, 4.69) is 0 Å². The minimum atomic E-state index is -4.31. The molecule has 0 aromatic rings. The van der Waals surface area contributed by atoms with E-state index in [1.807, 2.05) is 0 Å². The molecule has 0 aliphatic carbocycles. The highest BCUT2D eigenvalue weighted by Crippen LogP contribution is 2.21. The summed E-state index contributed by atoms with van der Waals surface area (Å²) in [4.78, 5) is 22.9. The lowest BCUT2D eigenvalue weighted by Gasteiger charge is -2.19. The van der Waals surface area contributed by atoms with Crippen molar-refractivity contribution in [3.8, 4) is 0 Å². The van der Waals surface area contributed by atoms with Crippen LogP contribution in [0.2, 0.25) is 0 Å². The molecule has 0 saturated carbocycles. The van der Waals surface area contributed by atoms with Crippen molar-refractivity contribution in [2.24, 2.45) is 0 Å². The second-order valence-corrected chi connectivity index (χ2v) is 4.30. The lowest BCUT2D eigenvalue weighted by molar-refractivity contribution is -0.143. The normalized spacial score (nSPS) is 11.3. The van der Waals surface area contributed by atoms with Crippen LogP contribution in [-0.4, -0.2) is 52.7 Å². The van der Waals surface area contributed by atoms with Crippen molar-refractivity contribution in [1.29, 1.82) is 0 Å². The van der Waals surface area contributed by atoms with E-state index in [9.17, 15) is 22.8 Å². The van der Waals surface area contributed by atoms with Gasteiger partial charge in [0.25, 0.3) is 0 Å². The molecular weight excluding hydrogens is 259 g/mol. The zero-order valence-electron chi connectivity index (χ0n) is 9.29. The first-order valence-electron chi connectivity index (χ1n) is 4.90. The third-order valence-corrected chi connectivity index (χ3v) is 2.65. The second-order valence-electron chi connectivity index (χ2n) is 3.32. The van der Waals surface area contributed by atoms with E-state index in [-0.39, 0.29) is 12.3 Å². The average molecular weight is 273 g/mol. The molecule has 0 heterocycles. The molecule has 1 N–H and O–H groups in total. The van der Waals surface area contributed by atoms with Gasteiger partial charge in [0.2, 0.25) is 5.91 Å². The molecule has 0 aromatic heterocycles. The summed E-state index contributed by atoms with van der Waals surface area (Å²) in [5.74, 6) is -3.21. The van der Waals surface area contributed by atoms with Crippen LogP contribution in [0.25, 0.3) is 0 Å². The fourth-order valence-corrected chi connectivity index (χ4v) is 1.76. The van der Waals surface area contributed by atoms with Crippen LogP contribution in [0.1, 0.15) is 13.3 Å². The van der Waals surface area contributed by atoms with Crippen LogP contribution < -0.4 is 0 Å². The summed E-state index contributed by atoms with van der Waals surface area (Å²) in [5.41, 5.74) is 0. The van der Waals surface area contributed by atoms with E-state index in [0.717, 1.165) is 4.90 Å². The molecule has 0 aliphatic rings. The molecule has 0 bridgehead atoms. The Balaban J connectivity index is 4.10. The van der Waals surface area contributed by atoms with Crippen LogP contribution in [-0.2, 0) is 9.59 Å². The Labute approximate surface area is 101 Å². The van der Waals surface area contributed by atoms with Gasteiger partial charge in [0.05, 0.1) is 11.5 Å². The van der Waals surface area contributed by atoms with Gasteiger partial charge in [0.15, 0.2) is 0 Å². The third kappa shape index (κ3) is 8.84. The molecule has 0 spiro atoms. The molecule has 0 saturated heterocycles. The van der Waals surface area contributed by atoms with Gasteiger partial charge in [0.1, 0.15) is 6.54 Å². The first-order valence-corrected chi connectivity index (χ1v) is 6.05. The number of hydrogen-bond donors (Lipinski definition) is 1. The van der Waals surface area contributed by atoms with Gasteiger partial charge in [-0.15, -0.1) is 11.8 Å². The second kappa shape index (κ2) is 7.41. The molecule has 0 aromatic carbocycles. The van der Waals surface area contributed by atoms with E-state index in [4.69, 9.17) is 5.11 Å². The maximum absolute atomic E-state index is 11.8. The number of rotatable bonds is 7. The lowest BCUT2D eigenvalue weighted by Crippen LogP contribution is -2.37. The summed E-state index contributed by atoms with van der Waals surface area (Å²) >= 11 is 0.440. The van der Waals surface area contributed by atoms with Gasteiger partial charge in [0, 0.05) is 6.54 Å². The molecule has 0 atom stereocenters. The largest absolute Gasteiger partial charge is 0.480 e. The number of carboxylic acids is 1. The van der Waals surface area contributed by atoms with Crippen molar-refractivity contribution in [2.45, 2.75) is 19.5 Å². The molecule has 0 fully saturated rings. The van der Waals surface area contributed by atoms with Crippen molar-refractivity contribution >= 4 is 23.6 Å². The van der Waals surface area contributed by atoms with Gasteiger partial charge < -0.3 is 10.0 Å².